The molecule has 2 N–H and O–H groups in total. The number of hydrogen-bond donors (Lipinski definition) is 2. The summed E-state index contributed by atoms with van der Waals surface area (Å²) in [7, 11) is 3.37. The maximum absolute atomic E-state index is 5.05. The molecule has 0 amide bonds. The molecule has 0 aliphatic heterocycles. The number of benzene rings is 1. The maximum Gasteiger partial charge on any atom is 0.212 e. The highest BCUT2D eigenvalue weighted by Gasteiger charge is 2.00. The van der Waals surface area contributed by atoms with Gasteiger partial charge in [0.2, 0.25) is 5.88 Å². The predicted octanol–water partition coefficient (Wildman–Crippen LogP) is 2.26. The van der Waals surface area contributed by atoms with Crippen LogP contribution in [0.4, 0.5) is 0 Å². The number of aryl methyl sites for hydroxylation is 1. The molecule has 22 heavy (non-hydrogen) atoms. The largest absolute Gasteiger partial charge is 0.481 e. The highest BCUT2D eigenvalue weighted by atomic mass is 16.5. The molecule has 0 bridgehead atoms. The van der Waals surface area contributed by atoms with Crippen molar-refractivity contribution in [2.45, 2.75) is 20.0 Å². The van der Waals surface area contributed by atoms with Crippen molar-refractivity contribution in [1.82, 2.24) is 15.6 Å². The second-order valence-electron chi connectivity index (χ2n) is 4.98. The Kier molecular flexibility index (Phi) is 5.77. The van der Waals surface area contributed by atoms with E-state index in [1.54, 1.807) is 20.4 Å². The Labute approximate surface area is 131 Å². The molecule has 0 saturated carbocycles. The summed E-state index contributed by atoms with van der Waals surface area (Å²) >= 11 is 0. The Bertz CT molecular complexity index is 623. The number of pyridine rings is 1. The van der Waals surface area contributed by atoms with Crippen molar-refractivity contribution in [3.8, 4) is 5.88 Å². The summed E-state index contributed by atoms with van der Waals surface area (Å²) < 4.78 is 5.05. The van der Waals surface area contributed by atoms with E-state index in [2.05, 4.69) is 51.8 Å². The van der Waals surface area contributed by atoms with Crippen LogP contribution >= 0.6 is 0 Å². The SMILES string of the molecule is CN=C(NCc1ccc(OC)nc1)NCc1cccc(C)c1. The molecule has 1 heterocycles. The fraction of sp³-hybridized carbons (Fsp3) is 0.294. The van der Waals surface area contributed by atoms with Gasteiger partial charge in [-0.2, -0.15) is 0 Å². The third-order valence-corrected chi connectivity index (χ3v) is 3.23. The second-order valence-corrected chi connectivity index (χ2v) is 4.98. The Balaban J connectivity index is 1.84. The van der Waals surface area contributed by atoms with Crippen molar-refractivity contribution in [1.29, 1.82) is 0 Å². The number of hydrogen-bond acceptors (Lipinski definition) is 3. The topological polar surface area (TPSA) is 58.5 Å². The lowest BCUT2D eigenvalue weighted by Gasteiger charge is -2.12. The van der Waals surface area contributed by atoms with Gasteiger partial charge in [0.05, 0.1) is 7.11 Å². The van der Waals surface area contributed by atoms with Crippen LogP contribution < -0.4 is 15.4 Å². The van der Waals surface area contributed by atoms with E-state index in [1.165, 1.54) is 11.1 Å². The number of aliphatic imine (C=N–C) groups is 1. The quantitative estimate of drug-likeness (QED) is 0.657. The standard InChI is InChI=1S/C17H22N4O/c1-13-5-4-6-14(9-13)10-20-17(18-2)21-12-15-7-8-16(22-3)19-11-15/h4-9,11H,10,12H2,1-3H3,(H2,18,20,21). The van der Waals surface area contributed by atoms with Crippen molar-refractivity contribution >= 4 is 5.96 Å². The third-order valence-electron chi connectivity index (χ3n) is 3.23. The van der Waals surface area contributed by atoms with Crippen LogP contribution in [-0.2, 0) is 13.1 Å². The number of nitrogens with one attached hydrogen (secondary N) is 2. The average molecular weight is 298 g/mol. The number of nitrogens with zero attached hydrogens (tertiary/aromatic N) is 2. The first-order valence-electron chi connectivity index (χ1n) is 7.20. The summed E-state index contributed by atoms with van der Waals surface area (Å²) in [5, 5.41) is 6.57. The summed E-state index contributed by atoms with van der Waals surface area (Å²) in [5.74, 6) is 1.38. The molecular formula is C17H22N4O. The Morgan fingerprint density at radius 2 is 1.91 bits per heavy atom. The molecule has 2 aromatic rings. The van der Waals surface area contributed by atoms with Crippen molar-refractivity contribution in [3.63, 3.8) is 0 Å². The van der Waals surface area contributed by atoms with E-state index in [-0.39, 0.29) is 0 Å². The first-order chi connectivity index (χ1) is 10.7. The van der Waals surface area contributed by atoms with Gasteiger partial charge in [0.25, 0.3) is 0 Å². The van der Waals surface area contributed by atoms with Gasteiger partial charge in [-0.05, 0) is 18.1 Å². The monoisotopic (exact) mass is 298 g/mol. The van der Waals surface area contributed by atoms with Crippen molar-refractivity contribution in [2.75, 3.05) is 14.2 Å². The van der Waals surface area contributed by atoms with Gasteiger partial charge >= 0.3 is 0 Å². The maximum atomic E-state index is 5.05. The zero-order chi connectivity index (χ0) is 15.8. The normalized spacial score (nSPS) is 11.1. The summed E-state index contributed by atoms with van der Waals surface area (Å²) in [5.41, 5.74) is 3.56. The van der Waals surface area contributed by atoms with Gasteiger partial charge in [-0.1, -0.05) is 35.9 Å². The molecule has 5 heteroatoms. The lowest BCUT2D eigenvalue weighted by molar-refractivity contribution is 0.397. The predicted molar refractivity (Wildman–Crippen MR) is 89.0 cm³/mol. The van der Waals surface area contributed by atoms with E-state index in [0.29, 0.717) is 12.4 Å². The van der Waals surface area contributed by atoms with Gasteiger partial charge < -0.3 is 15.4 Å². The molecule has 0 atom stereocenters. The van der Waals surface area contributed by atoms with Gasteiger partial charge in [0, 0.05) is 32.4 Å². The molecule has 0 aliphatic rings. The van der Waals surface area contributed by atoms with E-state index in [9.17, 15) is 0 Å². The minimum Gasteiger partial charge on any atom is -0.481 e. The highest BCUT2D eigenvalue weighted by Crippen LogP contribution is 2.06. The minimum atomic E-state index is 0.616. The minimum absolute atomic E-state index is 0.616. The molecule has 0 saturated heterocycles. The van der Waals surface area contributed by atoms with Gasteiger partial charge in [0.1, 0.15) is 0 Å². The molecule has 1 aromatic heterocycles. The van der Waals surface area contributed by atoms with Gasteiger partial charge in [-0.25, -0.2) is 4.98 Å². The van der Waals surface area contributed by atoms with Crippen LogP contribution in [0.5, 0.6) is 5.88 Å². The summed E-state index contributed by atoms with van der Waals surface area (Å²) in [6.45, 7) is 3.49. The third kappa shape index (κ3) is 4.77. The summed E-state index contributed by atoms with van der Waals surface area (Å²) in [4.78, 5) is 8.41. The zero-order valence-corrected chi connectivity index (χ0v) is 13.3. The zero-order valence-electron chi connectivity index (χ0n) is 13.3. The molecule has 0 unspecified atom stereocenters. The van der Waals surface area contributed by atoms with Crippen molar-refractivity contribution < 1.29 is 4.74 Å². The summed E-state index contributed by atoms with van der Waals surface area (Å²) in [6.07, 6.45) is 1.79. The van der Waals surface area contributed by atoms with Crippen molar-refractivity contribution in [3.05, 3.63) is 59.3 Å². The van der Waals surface area contributed by atoms with Crippen LogP contribution in [-0.4, -0.2) is 25.1 Å². The van der Waals surface area contributed by atoms with Crippen LogP contribution in [0.1, 0.15) is 16.7 Å². The molecule has 1 aromatic carbocycles. The lowest BCUT2D eigenvalue weighted by Crippen LogP contribution is -2.36. The smallest absolute Gasteiger partial charge is 0.212 e. The first-order valence-corrected chi connectivity index (χ1v) is 7.20. The molecule has 0 fully saturated rings. The highest BCUT2D eigenvalue weighted by molar-refractivity contribution is 5.79. The molecule has 116 valence electrons. The number of aromatic nitrogens is 1. The molecule has 0 spiro atoms. The number of ether oxygens (including phenoxy) is 1. The van der Waals surface area contributed by atoms with Crippen LogP contribution in [0.2, 0.25) is 0 Å². The van der Waals surface area contributed by atoms with Crippen LogP contribution in [0.25, 0.3) is 0 Å². The van der Waals surface area contributed by atoms with Gasteiger partial charge in [0.15, 0.2) is 5.96 Å². The van der Waals surface area contributed by atoms with E-state index in [0.717, 1.165) is 18.1 Å². The van der Waals surface area contributed by atoms with E-state index in [1.807, 2.05) is 12.1 Å². The fourth-order valence-electron chi connectivity index (χ4n) is 2.05. The van der Waals surface area contributed by atoms with Gasteiger partial charge in [-0.15, -0.1) is 0 Å². The Morgan fingerprint density at radius 3 is 2.50 bits per heavy atom. The molecule has 5 nitrogen and oxygen atoms in total. The second kappa shape index (κ2) is 8.02. The Hall–Kier alpha value is -2.56. The molecule has 0 radical (unpaired) electrons. The first kappa shape index (κ1) is 15.8. The summed E-state index contributed by atoms with van der Waals surface area (Å²) in [6, 6.07) is 12.2. The number of methoxy groups -OCH3 is 1. The van der Waals surface area contributed by atoms with Crippen molar-refractivity contribution in [2.24, 2.45) is 4.99 Å². The fourth-order valence-corrected chi connectivity index (χ4v) is 2.05. The van der Waals surface area contributed by atoms with Crippen LogP contribution in [0.3, 0.4) is 0 Å². The van der Waals surface area contributed by atoms with E-state index >= 15 is 0 Å². The molecule has 2 rings (SSSR count). The Morgan fingerprint density at radius 1 is 1.14 bits per heavy atom. The van der Waals surface area contributed by atoms with Gasteiger partial charge in [-0.3, -0.25) is 4.99 Å². The molecular weight excluding hydrogens is 276 g/mol. The molecule has 0 aliphatic carbocycles. The van der Waals surface area contributed by atoms with E-state index < -0.39 is 0 Å². The van der Waals surface area contributed by atoms with Crippen LogP contribution in [0.15, 0.2) is 47.6 Å². The lowest BCUT2D eigenvalue weighted by atomic mass is 10.1. The number of guanidine groups is 1. The van der Waals surface area contributed by atoms with E-state index in [4.69, 9.17) is 4.74 Å². The van der Waals surface area contributed by atoms with Crippen LogP contribution in [0, 0.1) is 6.92 Å². The number of rotatable bonds is 5. The average Bonchev–Trinajstić information content (AvgIpc) is 2.55.